The monoisotopic (exact) mass is 368 g/mol. The Morgan fingerprint density at radius 1 is 1.04 bits per heavy atom. The first kappa shape index (κ1) is 20.5. The topological polar surface area (TPSA) is 58.6 Å². The van der Waals surface area contributed by atoms with Gasteiger partial charge in [-0.1, -0.05) is 39.0 Å². The Bertz CT molecular complexity index is 792. The molecule has 0 heterocycles. The van der Waals surface area contributed by atoms with E-state index < -0.39 is 0 Å². The summed E-state index contributed by atoms with van der Waals surface area (Å²) in [5, 5.41) is 2.84. The molecule has 144 valence electrons. The van der Waals surface area contributed by atoms with Crippen LogP contribution in [0.15, 0.2) is 48.5 Å². The van der Waals surface area contributed by atoms with Crippen molar-refractivity contribution in [3.63, 3.8) is 0 Å². The first-order valence-electron chi connectivity index (χ1n) is 9.12. The van der Waals surface area contributed by atoms with Gasteiger partial charge >= 0.3 is 0 Å². The summed E-state index contributed by atoms with van der Waals surface area (Å²) < 4.78 is 5.40. The summed E-state index contributed by atoms with van der Waals surface area (Å²) in [7, 11) is 0. The van der Waals surface area contributed by atoms with Gasteiger partial charge in [0.1, 0.15) is 12.3 Å². The smallest absolute Gasteiger partial charge is 0.244 e. The second kappa shape index (κ2) is 8.71. The number of benzene rings is 2. The molecule has 0 bridgehead atoms. The number of ether oxygens (including phenoxy) is 1. The van der Waals surface area contributed by atoms with Crippen LogP contribution in [0.3, 0.4) is 0 Å². The lowest BCUT2D eigenvalue weighted by atomic mass is 9.85. The van der Waals surface area contributed by atoms with Crippen molar-refractivity contribution in [2.75, 3.05) is 23.4 Å². The Hall–Kier alpha value is -2.82. The van der Waals surface area contributed by atoms with E-state index in [-0.39, 0.29) is 23.8 Å². The molecule has 0 spiro atoms. The number of para-hydroxylation sites is 1. The van der Waals surface area contributed by atoms with Gasteiger partial charge in [-0.15, -0.1) is 0 Å². The lowest BCUT2D eigenvalue weighted by Gasteiger charge is -2.29. The lowest BCUT2D eigenvalue weighted by molar-refractivity contribution is -0.120. The molecule has 0 atom stereocenters. The number of hydrogen-bond donors (Lipinski definition) is 1. The normalized spacial score (nSPS) is 11.0. The number of nitrogens with zero attached hydrogens (tertiary/aromatic N) is 1. The second-order valence-corrected chi connectivity index (χ2v) is 7.38. The third-order valence-corrected chi connectivity index (χ3v) is 4.13. The Morgan fingerprint density at radius 2 is 1.67 bits per heavy atom. The number of rotatable bonds is 6. The average molecular weight is 368 g/mol. The number of amides is 2. The van der Waals surface area contributed by atoms with Gasteiger partial charge in [-0.3, -0.25) is 9.59 Å². The molecular weight excluding hydrogens is 340 g/mol. The molecular formula is C22H28N2O3. The van der Waals surface area contributed by atoms with Crippen LogP contribution in [-0.4, -0.2) is 25.0 Å². The number of nitrogens with one attached hydrogen (secondary N) is 1. The Labute approximate surface area is 161 Å². The minimum absolute atomic E-state index is 0.0460. The van der Waals surface area contributed by atoms with E-state index in [0.29, 0.717) is 12.3 Å². The first-order valence-corrected chi connectivity index (χ1v) is 9.12. The molecule has 2 amide bonds. The molecule has 0 saturated carbocycles. The third kappa shape index (κ3) is 5.58. The minimum Gasteiger partial charge on any atom is -0.494 e. The van der Waals surface area contributed by atoms with Crippen LogP contribution >= 0.6 is 0 Å². The molecule has 5 nitrogen and oxygen atoms in total. The highest BCUT2D eigenvalue weighted by molar-refractivity contribution is 6.02. The zero-order valence-electron chi connectivity index (χ0n) is 16.7. The van der Waals surface area contributed by atoms with Gasteiger partial charge in [0.05, 0.1) is 6.61 Å². The van der Waals surface area contributed by atoms with E-state index >= 15 is 0 Å². The highest BCUT2D eigenvalue weighted by Gasteiger charge is 2.24. The van der Waals surface area contributed by atoms with Crippen LogP contribution in [0, 0.1) is 0 Å². The van der Waals surface area contributed by atoms with E-state index in [1.165, 1.54) is 11.8 Å². The molecule has 2 aromatic rings. The maximum atomic E-state index is 12.5. The van der Waals surface area contributed by atoms with Crippen LogP contribution < -0.4 is 15.0 Å². The summed E-state index contributed by atoms with van der Waals surface area (Å²) in [4.78, 5) is 26.3. The van der Waals surface area contributed by atoms with E-state index in [1.807, 2.05) is 31.2 Å². The van der Waals surface area contributed by atoms with E-state index in [4.69, 9.17) is 4.74 Å². The zero-order valence-corrected chi connectivity index (χ0v) is 16.7. The minimum atomic E-state index is -0.252. The fourth-order valence-corrected chi connectivity index (χ4v) is 2.85. The molecule has 1 N–H and O–H groups in total. The van der Waals surface area contributed by atoms with Crippen LogP contribution in [0.25, 0.3) is 0 Å². The molecule has 0 aliphatic rings. The summed E-state index contributed by atoms with van der Waals surface area (Å²) in [6.07, 6.45) is 0. The number of hydrogen-bond acceptors (Lipinski definition) is 3. The molecule has 27 heavy (non-hydrogen) atoms. The van der Waals surface area contributed by atoms with Crippen molar-refractivity contribution >= 4 is 23.2 Å². The van der Waals surface area contributed by atoms with Crippen molar-refractivity contribution in [2.24, 2.45) is 0 Å². The van der Waals surface area contributed by atoms with Crippen LogP contribution in [0.1, 0.15) is 40.2 Å². The molecule has 0 aliphatic carbocycles. The van der Waals surface area contributed by atoms with Gasteiger partial charge in [0.15, 0.2) is 0 Å². The summed E-state index contributed by atoms with van der Waals surface area (Å²) in [6.45, 7) is 10.2. The van der Waals surface area contributed by atoms with Crippen molar-refractivity contribution in [2.45, 2.75) is 40.0 Å². The lowest BCUT2D eigenvalue weighted by Crippen LogP contribution is -2.38. The van der Waals surface area contributed by atoms with Crippen LogP contribution in [-0.2, 0) is 15.0 Å². The predicted molar refractivity (Wildman–Crippen MR) is 109 cm³/mol. The summed E-state index contributed by atoms with van der Waals surface area (Å²) in [6, 6.07) is 14.9. The van der Waals surface area contributed by atoms with Crippen LogP contribution in [0.4, 0.5) is 11.4 Å². The number of carbonyl (C=O) groups is 2. The summed E-state index contributed by atoms with van der Waals surface area (Å²) >= 11 is 0. The van der Waals surface area contributed by atoms with Gasteiger partial charge in [0.25, 0.3) is 0 Å². The Balaban J connectivity index is 2.17. The molecule has 0 saturated heterocycles. The Morgan fingerprint density at radius 3 is 2.22 bits per heavy atom. The van der Waals surface area contributed by atoms with E-state index in [1.54, 1.807) is 24.3 Å². The standard InChI is InChI=1S/C22H28N2O3/c1-6-27-18-13-11-17(12-14-18)23-21(26)15-24(16(2)25)20-10-8-7-9-19(20)22(3,4)5/h7-14H,6,15H2,1-5H3,(H,23,26). The largest absolute Gasteiger partial charge is 0.494 e. The van der Waals surface area contributed by atoms with Crippen LogP contribution in [0.2, 0.25) is 0 Å². The second-order valence-electron chi connectivity index (χ2n) is 7.38. The van der Waals surface area contributed by atoms with Gasteiger partial charge in [0, 0.05) is 18.3 Å². The first-order chi connectivity index (χ1) is 12.7. The van der Waals surface area contributed by atoms with E-state index in [2.05, 4.69) is 26.1 Å². The number of anilines is 2. The van der Waals surface area contributed by atoms with Crippen molar-refractivity contribution in [1.29, 1.82) is 0 Å². The van der Waals surface area contributed by atoms with Crippen molar-refractivity contribution in [1.82, 2.24) is 0 Å². The highest BCUT2D eigenvalue weighted by atomic mass is 16.5. The van der Waals surface area contributed by atoms with Gasteiger partial charge in [-0.25, -0.2) is 0 Å². The quantitative estimate of drug-likeness (QED) is 0.823. The van der Waals surface area contributed by atoms with Crippen molar-refractivity contribution in [3.05, 3.63) is 54.1 Å². The Kier molecular flexibility index (Phi) is 6.61. The fraction of sp³-hybridized carbons (Fsp3) is 0.364. The summed E-state index contributed by atoms with van der Waals surface area (Å²) in [5.74, 6) is 0.326. The van der Waals surface area contributed by atoms with Crippen molar-refractivity contribution < 1.29 is 14.3 Å². The molecule has 0 aliphatic heterocycles. The molecule has 0 fully saturated rings. The fourth-order valence-electron chi connectivity index (χ4n) is 2.85. The van der Waals surface area contributed by atoms with E-state index in [0.717, 1.165) is 17.0 Å². The molecule has 0 radical (unpaired) electrons. The molecule has 0 unspecified atom stereocenters. The van der Waals surface area contributed by atoms with Gasteiger partial charge in [0.2, 0.25) is 11.8 Å². The maximum Gasteiger partial charge on any atom is 0.244 e. The SMILES string of the molecule is CCOc1ccc(NC(=O)CN(C(C)=O)c2ccccc2C(C)(C)C)cc1. The maximum absolute atomic E-state index is 12.5. The highest BCUT2D eigenvalue weighted by Crippen LogP contribution is 2.32. The van der Waals surface area contributed by atoms with Gasteiger partial charge in [-0.2, -0.15) is 0 Å². The average Bonchev–Trinajstić information content (AvgIpc) is 2.60. The van der Waals surface area contributed by atoms with Crippen LogP contribution in [0.5, 0.6) is 5.75 Å². The zero-order chi connectivity index (χ0) is 20.0. The molecule has 2 rings (SSSR count). The van der Waals surface area contributed by atoms with E-state index in [9.17, 15) is 9.59 Å². The molecule has 0 aromatic heterocycles. The summed E-state index contributed by atoms with van der Waals surface area (Å²) in [5.41, 5.74) is 2.31. The number of carbonyl (C=O) groups excluding carboxylic acids is 2. The van der Waals surface area contributed by atoms with Gasteiger partial charge < -0.3 is 15.0 Å². The van der Waals surface area contributed by atoms with Gasteiger partial charge in [-0.05, 0) is 48.2 Å². The third-order valence-electron chi connectivity index (χ3n) is 4.13. The molecule has 2 aromatic carbocycles. The van der Waals surface area contributed by atoms with Crippen molar-refractivity contribution in [3.8, 4) is 5.75 Å². The molecule has 5 heteroatoms. The predicted octanol–water partition coefficient (Wildman–Crippen LogP) is 4.37.